The van der Waals surface area contributed by atoms with Crippen molar-refractivity contribution in [3.8, 4) is 12.3 Å². The summed E-state index contributed by atoms with van der Waals surface area (Å²) < 4.78 is 0. The van der Waals surface area contributed by atoms with Gasteiger partial charge in [0.05, 0.1) is 0 Å². The lowest BCUT2D eigenvalue weighted by atomic mass is 9.77. The van der Waals surface area contributed by atoms with Gasteiger partial charge in [0, 0.05) is 12.3 Å². The van der Waals surface area contributed by atoms with Crippen LogP contribution in [-0.2, 0) is 10.8 Å². The van der Waals surface area contributed by atoms with Crippen LogP contribution in [0.5, 0.6) is 0 Å². The minimum absolute atomic E-state index is 0.100. The van der Waals surface area contributed by atoms with Crippen LogP contribution in [0, 0.1) is 18.3 Å². The maximum absolute atomic E-state index is 5.42. The third-order valence-corrected chi connectivity index (χ3v) is 7.40. The highest BCUT2D eigenvalue weighted by Gasteiger charge is 2.25. The molecule has 0 radical (unpaired) electrons. The van der Waals surface area contributed by atoms with Gasteiger partial charge in [0.25, 0.3) is 0 Å². The third kappa shape index (κ3) is 6.59. The van der Waals surface area contributed by atoms with Crippen LogP contribution in [0.2, 0.25) is 0 Å². The van der Waals surface area contributed by atoms with E-state index in [0.717, 1.165) is 24.8 Å². The highest BCUT2D eigenvalue weighted by Crippen LogP contribution is 2.40. The molecule has 0 heteroatoms. The first-order valence-corrected chi connectivity index (χ1v) is 13.3. The van der Waals surface area contributed by atoms with E-state index >= 15 is 0 Å². The molecule has 2 aromatic rings. The van der Waals surface area contributed by atoms with Crippen LogP contribution in [0.1, 0.15) is 101 Å². The maximum atomic E-state index is 5.42. The molecule has 2 atom stereocenters. The molecule has 0 fully saturated rings. The summed E-state index contributed by atoms with van der Waals surface area (Å²) in [5.41, 5.74) is 10.5. The zero-order chi connectivity index (χ0) is 26.7. The average Bonchev–Trinajstić information content (AvgIpc) is 3.31. The zero-order valence-corrected chi connectivity index (χ0v) is 23.5. The van der Waals surface area contributed by atoms with Crippen molar-refractivity contribution in [3.63, 3.8) is 0 Å². The van der Waals surface area contributed by atoms with E-state index in [0.29, 0.717) is 11.8 Å². The van der Waals surface area contributed by atoms with E-state index in [1.165, 1.54) is 39.0 Å². The Labute approximate surface area is 220 Å². The van der Waals surface area contributed by atoms with Crippen LogP contribution in [0.3, 0.4) is 0 Å². The quantitative estimate of drug-likeness (QED) is 0.332. The molecule has 0 saturated carbocycles. The monoisotopic (exact) mass is 476 g/mol. The van der Waals surface area contributed by atoms with E-state index in [9.17, 15) is 0 Å². The minimum Gasteiger partial charge on any atom is -0.120 e. The smallest absolute Gasteiger partial charge is 0.0237 e. The summed E-state index contributed by atoms with van der Waals surface area (Å²) in [5.74, 6) is 3.42. The number of terminal acetylenes is 1. The van der Waals surface area contributed by atoms with Crippen LogP contribution < -0.4 is 0 Å². The Kier molecular flexibility index (Phi) is 8.36. The highest BCUT2D eigenvalue weighted by atomic mass is 14.3. The average molecular weight is 477 g/mol. The van der Waals surface area contributed by atoms with Crippen molar-refractivity contribution in [2.45, 2.75) is 84.5 Å². The van der Waals surface area contributed by atoms with Crippen molar-refractivity contribution in [2.75, 3.05) is 0 Å². The van der Waals surface area contributed by atoms with Gasteiger partial charge < -0.3 is 0 Å². The molecule has 2 aromatic carbocycles. The molecule has 0 heterocycles. The fourth-order valence-electron chi connectivity index (χ4n) is 4.86. The number of hydrogen-bond acceptors (Lipinski definition) is 0. The summed E-state index contributed by atoms with van der Waals surface area (Å²) in [6.45, 7) is 24.9. The normalized spacial score (nSPS) is 16.4. The molecule has 0 nitrogen and oxygen atoms in total. The van der Waals surface area contributed by atoms with Crippen LogP contribution >= 0.6 is 0 Å². The predicted octanol–water partition coefficient (Wildman–Crippen LogP) is 10.0. The van der Waals surface area contributed by atoms with Crippen LogP contribution in [0.15, 0.2) is 79.4 Å². The second-order valence-corrected chi connectivity index (χ2v) is 12.5. The van der Waals surface area contributed by atoms with Gasteiger partial charge in [-0.25, -0.2) is 0 Å². The van der Waals surface area contributed by atoms with Crippen molar-refractivity contribution in [3.05, 3.63) is 107 Å². The SMILES string of the molecule is C#CCCC(=C)c1ccc(C2C=CC=C2[C@H](C)CC(=C)c2cc(C(C)(C)C)cc(C(C)(C)C)c2)cc1. The highest BCUT2D eigenvalue weighted by molar-refractivity contribution is 5.67. The molecule has 3 rings (SSSR count). The number of hydrogen-bond donors (Lipinski definition) is 0. The molecule has 1 aliphatic rings. The lowest BCUT2D eigenvalue weighted by Crippen LogP contribution is -2.17. The molecule has 0 saturated heterocycles. The molecule has 1 unspecified atom stereocenters. The molecule has 0 spiro atoms. The molecule has 0 amide bonds. The van der Waals surface area contributed by atoms with Gasteiger partial charge in [0.15, 0.2) is 0 Å². The minimum atomic E-state index is 0.100. The summed E-state index contributed by atoms with van der Waals surface area (Å²) in [6.07, 6.45) is 14.8. The summed E-state index contributed by atoms with van der Waals surface area (Å²) >= 11 is 0. The van der Waals surface area contributed by atoms with Crippen molar-refractivity contribution < 1.29 is 0 Å². The van der Waals surface area contributed by atoms with Gasteiger partial charge in [-0.05, 0) is 68.6 Å². The van der Waals surface area contributed by atoms with Gasteiger partial charge in [0.2, 0.25) is 0 Å². The largest absolute Gasteiger partial charge is 0.120 e. The van der Waals surface area contributed by atoms with Crippen molar-refractivity contribution >= 4 is 11.1 Å². The molecule has 188 valence electrons. The van der Waals surface area contributed by atoms with Crippen LogP contribution in [-0.4, -0.2) is 0 Å². The van der Waals surface area contributed by atoms with E-state index < -0.39 is 0 Å². The molecule has 0 aliphatic heterocycles. The Balaban J connectivity index is 1.78. The molecule has 0 aromatic heterocycles. The van der Waals surface area contributed by atoms with Crippen molar-refractivity contribution in [1.29, 1.82) is 0 Å². The van der Waals surface area contributed by atoms with Gasteiger partial charge in [-0.2, -0.15) is 0 Å². The van der Waals surface area contributed by atoms with Gasteiger partial charge in [-0.1, -0.05) is 128 Å². The summed E-state index contributed by atoms with van der Waals surface area (Å²) in [6, 6.07) is 16.0. The van der Waals surface area contributed by atoms with Gasteiger partial charge in [-0.15, -0.1) is 12.3 Å². The Morgan fingerprint density at radius 1 is 0.889 bits per heavy atom. The first-order chi connectivity index (χ1) is 16.8. The first-order valence-electron chi connectivity index (χ1n) is 13.3. The standard InChI is InChI=1S/C36H44/c1-11-12-14-25(2)28-17-19-29(20-18-28)34-16-13-15-33(34)27(4)21-26(3)30-22-31(35(5,6)7)24-32(23-30)36(8,9)10/h1,13,15-20,22-24,27,34H,2-3,12,14,21H2,4-10H3/t27-,34?/m1/s1. The van der Waals surface area contributed by atoms with E-state index in [2.05, 4.69) is 128 Å². The Bertz CT molecular complexity index is 1170. The second-order valence-electron chi connectivity index (χ2n) is 12.5. The van der Waals surface area contributed by atoms with Crippen LogP contribution in [0.4, 0.5) is 0 Å². The fourth-order valence-corrected chi connectivity index (χ4v) is 4.86. The van der Waals surface area contributed by atoms with E-state index in [1.807, 2.05) is 0 Å². The van der Waals surface area contributed by atoms with Gasteiger partial charge in [-0.3, -0.25) is 0 Å². The Hall–Kier alpha value is -3.04. The number of allylic oxidation sites excluding steroid dienone is 6. The number of benzene rings is 2. The summed E-state index contributed by atoms with van der Waals surface area (Å²) in [7, 11) is 0. The predicted molar refractivity (Wildman–Crippen MR) is 160 cm³/mol. The second kappa shape index (κ2) is 10.9. The lowest BCUT2D eigenvalue weighted by Gasteiger charge is -2.27. The molecule has 1 aliphatic carbocycles. The van der Waals surface area contributed by atoms with Crippen molar-refractivity contribution in [2.24, 2.45) is 5.92 Å². The lowest BCUT2D eigenvalue weighted by molar-refractivity contribution is 0.568. The Morgan fingerprint density at radius 3 is 2.00 bits per heavy atom. The molecule has 36 heavy (non-hydrogen) atoms. The molecular weight excluding hydrogens is 432 g/mol. The van der Waals surface area contributed by atoms with E-state index in [1.54, 1.807) is 0 Å². The van der Waals surface area contributed by atoms with E-state index in [-0.39, 0.29) is 10.8 Å². The molecular formula is C36H44. The Morgan fingerprint density at radius 2 is 1.47 bits per heavy atom. The van der Waals surface area contributed by atoms with Crippen LogP contribution in [0.25, 0.3) is 11.1 Å². The topological polar surface area (TPSA) is 0 Å². The maximum Gasteiger partial charge on any atom is 0.0237 e. The number of rotatable bonds is 8. The summed E-state index contributed by atoms with van der Waals surface area (Å²) in [4.78, 5) is 0. The fraction of sp³-hybridized carbons (Fsp3) is 0.389. The van der Waals surface area contributed by atoms with Crippen molar-refractivity contribution in [1.82, 2.24) is 0 Å². The van der Waals surface area contributed by atoms with E-state index in [4.69, 9.17) is 6.42 Å². The third-order valence-electron chi connectivity index (χ3n) is 7.40. The summed E-state index contributed by atoms with van der Waals surface area (Å²) in [5, 5.41) is 0. The molecule has 0 bridgehead atoms. The molecule has 0 N–H and O–H groups in total. The van der Waals surface area contributed by atoms with Gasteiger partial charge >= 0.3 is 0 Å². The van der Waals surface area contributed by atoms with Gasteiger partial charge in [0.1, 0.15) is 0 Å². The zero-order valence-electron chi connectivity index (χ0n) is 23.5. The first kappa shape index (κ1) is 27.5.